The summed E-state index contributed by atoms with van der Waals surface area (Å²) in [6, 6.07) is 6.09. The third kappa shape index (κ3) is 2.14. The van der Waals surface area contributed by atoms with E-state index in [4.69, 9.17) is 10.5 Å². The highest BCUT2D eigenvalue weighted by Gasteiger charge is 2.14. The van der Waals surface area contributed by atoms with E-state index in [1.165, 1.54) is 13.2 Å². The third-order valence-corrected chi connectivity index (χ3v) is 2.71. The van der Waals surface area contributed by atoms with Gasteiger partial charge in [0.25, 0.3) is 0 Å². The van der Waals surface area contributed by atoms with Crippen molar-refractivity contribution in [3.05, 3.63) is 47.5 Å². The topological polar surface area (TPSA) is 53.1 Å². The molecule has 0 aliphatic rings. The van der Waals surface area contributed by atoms with E-state index < -0.39 is 5.82 Å². The first-order valence-electron chi connectivity index (χ1n) is 5.20. The zero-order valence-electron chi connectivity index (χ0n) is 9.72. The molecule has 1 heterocycles. The Morgan fingerprint density at radius 3 is 2.76 bits per heavy atom. The molecule has 4 nitrogen and oxygen atoms in total. The molecule has 1 aromatic carbocycles. The molecule has 1 unspecified atom stereocenters. The fraction of sp³-hybridized carbons (Fsp3) is 0.250. The van der Waals surface area contributed by atoms with Crippen LogP contribution in [0.1, 0.15) is 17.3 Å². The minimum absolute atomic E-state index is 0.195. The van der Waals surface area contributed by atoms with E-state index in [-0.39, 0.29) is 11.8 Å². The zero-order chi connectivity index (χ0) is 12.4. The number of nitrogens with two attached hydrogens (primary N) is 1. The molecule has 90 valence electrons. The Balaban J connectivity index is 2.38. The van der Waals surface area contributed by atoms with Crippen LogP contribution < -0.4 is 10.5 Å². The molecule has 0 amide bonds. The highest BCUT2D eigenvalue weighted by molar-refractivity contribution is 5.35. The van der Waals surface area contributed by atoms with Crippen LogP contribution in [0.3, 0.4) is 0 Å². The van der Waals surface area contributed by atoms with Gasteiger partial charge in [-0.2, -0.15) is 5.10 Å². The van der Waals surface area contributed by atoms with Crippen LogP contribution in [0.25, 0.3) is 0 Å². The van der Waals surface area contributed by atoms with Gasteiger partial charge >= 0.3 is 0 Å². The molecule has 0 aliphatic carbocycles. The maximum Gasteiger partial charge on any atom is 0.165 e. The first kappa shape index (κ1) is 11.6. The number of benzene rings is 1. The van der Waals surface area contributed by atoms with Crippen molar-refractivity contribution in [2.45, 2.75) is 6.04 Å². The van der Waals surface area contributed by atoms with Crippen molar-refractivity contribution in [2.24, 2.45) is 12.8 Å². The number of methoxy groups -OCH3 is 1. The molecule has 5 heteroatoms. The minimum Gasteiger partial charge on any atom is -0.494 e. The van der Waals surface area contributed by atoms with Crippen LogP contribution in [0.15, 0.2) is 30.5 Å². The zero-order valence-corrected chi connectivity index (χ0v) is 9.72. The Kier molecular flexibility index (Phi) is 3.10. The predicted molar refractivity (Wildman–Crippen MR) is 62.2 cm³/mol. The average molecular weight is 235 g/mol. The molecule has 0 saturated heterocycles. The molecule has 0 radical (unpaired) electrons. The number of rotatable bonds is 3. The maximum atomic E-state index is 13.3. The molecular formula is C12H14FN3O. The van der Waals surface area contributed by atoms with Crippen molar-refractivity contribution in [1.29, 1.82) is 0 Å². The molecule has 0 aliphatic heterocycles. The van der Waals surface area contributed by atoms with Crippen LogP contribution in [0.2, 0.25) is 0 Å². The van der Waals surface area contributed by atoms with Crippen molar-refractivity contribution in [2.75, 3.05) is 7.11 Å². The van der Waals surface area contributed by atoms with Gasteiger partial charge in [-0.1, -0.05) is 6.07 Å². The molecule has 0 saturated carbocycles. The van der Waals surface area contributed by atoms with Crippen LogP contribution in [0.4, 0.5) is 4.39 Å². The highest BCUT2D eigenvalue weighted by atomic mass is 19.1. The molecule has 17 heavy (non-hydrogen) atoms. The van der Waals surface area contributed by atoms with Crippen molar-refractivity contribution in [3.8, 4) is 5.75 Å². The van der Waals surface area contributed by atoms with Crippen LogP contribution in [-0.4, -0.2) is 16.9 Å². The summed E-state index contributed by atoms with van der Waals surface area (Å²) in [6.45, 7) is 0. The SMILES string of the molecule is COc1cc(C(N)c2ccnn2C)ccc1F. The van der Waals surface area contributed by atoms with Crippen molar-refractivity contribution < 1.29 is 9.13 Å². The summed E-state index contributed by atoms with van der Waals surface area (Å²) in [6.07, 6.45) is 1.68. The Bertz CT molecular complexity index is 524. The molecule has 0 spiro atoms. The number of aryl methyl sites for hydroxylation is 1. The van der Waals surface area contributed by atoms with Gasteiger partial charge in [-0.15, -0.1) is 0 Å². The van der Waals surface area contributed by atoms with E-state index in [0.717, 1.165) is 11.3 Å². The van der Waals surface area contributed by atoms with Crippen molar-refractivity contribution in [3.63, 3.8) is 0 Å². The molecule has 2 aromatic rings. The predicted octanol–water partition coefficient (Wildman–Crippen LogP) is 1.62. The van der Waals surface area contributed by atoms with Crippen molar-refractivity contribution in [1.82, 2.24) is 9.78 Å². The summed E-state index contributed by atoms with van der Waals surface area (Å²) in [7, 11) is 3.24. The quantitative estimate of drug-likeness (QED) is 0.879. The maximum absolute atomic E-state index is 13.3. The number of aromatic nitrogens is 2. The molecule has 2 rings (SSSR count). The number of hydrogen-bond acceptors (Lipinski definition) is 3. The molecule has 1 atom stereocenters. The van der Waals surface area contributed by atoms with E-state index in [9.17, 15) is 4.39 Å². The Morgan fingerprint density at radius 2 is 2.18 bits per heavy atom. The minimum atomic E-state index is -0.395. The van der Waals surface area contributed by atoms with Crippen molar-refractivity contribution >= 4 is 0 Å². The van der Waals surface area contributed by atoms with E-state index in [2.05, 4.69) is 5.10 Å². The van der Waals surface area contributed by atoms with E-state index >= 15 is 0 Å². The lowest BCUT2D eigenvalue weighted by molar-refractivity contribution is 0.385. The molecular weight excluding hydrogens is 221 g/mol. The van der Waals surface area contributed by atoms with Gasteiger partial charge in [0.2, 0.25) is 0 Å². The van der Waals surface area contributed by atoms with Gasteiger partial charge in [0.15, 0.2) is 11.6 Å². The smallest absolute Gasteiger partial charge is 0.165 e. The lowest BCUT2D eigenvalue weighted by Gasteiger charge is -2.13. The normalized spacial score (nSPS) is 12.5. The summed E-state index contributed by atoms with van der Waals surface area (Å²) in [5.74, 6) is -0.200. The highest BCUT2D eigenvalue weighted by Crippen LogP contribution is 2.24. The Hall–Kier alpha value is -1.88. The molecule has 2 N–H and O–H groups in total. The van der Waals surface area contributed by atoms with Gasteiger partial charge in [-0.25, -0.2) is 4.39 Å². The lowest BCUT2D eigenvalue weighted by atomic mass is 10.0. The number of nitrogens with zero attached hydrogens (tertiary/aromatic N) is 2. The first-order chi connectivity index (χ1) is 8.13. The molecule has 1 aromatic heterocycles. The summed E-state index contributed by atoms with van der Waals surface area (Å²) in [4.78, 5) is 0. The lowest BCUT2D eigenvalue weighted by Crippen LogP contribution is -2.16. The van der Waals surface area contributed by atoms with Crippen LogP contribution in [0, 0.1) is 5.82 Å². The monoisotopic (exact) mass is 235 g/mol. The first-order valence-corrected chi connectivity index (χ1v) is 5.20. The van der Waals surface area contributed by atoms with Crippen LogP contribution in [-0.2, 0) is 7.05 Å². The van der Waals surface area contributed by atoms with Gasteiger partial charge in [-0.3, -0.25) is 4.68 Å². The standard InChI is InChI=1S/C12H14FN3O/c1-16-10(5-6-15-16)12(14)8-3-4-9(13)11(7-8)17-2/h3-7,12H,14H2,1-2H3. The van der Waals surface area contributed by atoms with E-state index in [1.54, 1.807) is 23.0 Å². The summed E-state index contributed by atoms with van der Waals surface area (Å²) in [5.41, 5.74) is 7.74. The second-order valence-corrected chi connectivity index (χ2v) is 3.75. The number of halogens is 1. The summed E-state index contributed by atoms with van der Waals surface area (Å²) >= 11 is 0. The van der Waals surface area contributed by atoms with Gasteiger partial charge in [0.1, 0.15) is 0 Å². The van der Waals surface area contributed by atoms with Crippen LogP contribution in [0.5, 0.6) is 5.75 Å². The number of hydrogen-bond donors (Lipinski definition) is 1. The fourth-order valence-corrected chi connectivity index (χ4v) is 1.73. The summed E-state index contributed by atoms with van der Waals surface area (Å²) in [5, 5.41) is 4.05. The second kappa shape index (κ2) is 4.55. The van der Waals surface area contributed by atoms with Gasteiger partial charge in [0.05, 0.1) is 18.8 Å². The van der Waals surface area contributed by atoms with Gasteiger partial charge in [0, 0.05) is 13.2 Å². The van der Waals surface area contributed by atoms with Gasteiger partial charge in [-0.05, 0) is 23.8 Å². The Morgan fingerprint density at radius 1 is 1.41 bits per heavy atom. The summed E-state index contributed by atoms with van der Waals surface area (Å²) < 4.78 is 19.9. The average Bonchev–Trinajstić information content (AvgIpc) is 2.75. The van der Waals surface area contributed by atoms with Gasteiger partial charge < -0.3 is 10.5 Å². The van der Waals surface area contributed by atoms with Crippen LogP contribution >= 0.6 is 0 Å². The second-order valence-electron chi connectivity index (χ2n) is 3.75. The molecule has 0 bridgehead atoms. The fourth-order valence-electron chi connectivity index (χ4n) is 1.73. The van der Waals surface area contributed by atoms with E-state index in [1.807, 2.05) is 13.1 Å². The largest absolute Gasteiger partial charge is 0.494 e. The molecule has 0 fully saturated rings. The number of ether oxygens (including phenoxy) is 1. The third-order valence-electron chi connectivity index (χ3n) is 2.71. The van der Waals surface area contributed by atoms with E-state index in [0.29, 0.717) is 0 Å². The Labute approximate surface area is 98.8 Å².